The van der Waals surface area contributed by atoms with Gasteiger partial charge in [-0.2, -0.15) is 15.0 Å². The van der Waals surface area contributed by atoms with Crippen LogP contribution < -0.4 is 15.0 Å². The van der Waals surface area contributed by atoms with Crippen LogP contribution in [0.3, 0.4) is 0 Å². The number of nitrogens with zero attached hydrogens (tertiary/aromatic N) is 4. The Hall–Kier alpha value is -2.44. The Bertz CT molecular complexity index is 626. The zero-order chi connectivity index (χ0) is 14.1. The summed E-state index contributed by atoms with van der Waals surface area (Å²) in [4.78, 5) is 14.5. The number of rotatable bonds is 3. The number of hydrogen-bond donors (Lipinski definition) is 1. The molecule has 0 aliphatic carbocycles. The van der Waals surface area contributed by atoms with Crippen LogP contribution in [0.5, 0.6) is 6.01 Å². The molecule has 6 nitrogen and oxygen atoms in total. The van der Waals surface area contributed by atoms with Crippen LogP contribution in [0.1, 0.15) is 5.56 Å². The fourth-order valence-corrected chi connectivity index (χ4v) is 2.23. The van der Waals surface area contributed by atoms with Gasteiger partial charge >= 0.3 is 6.01 Å². The molecule has 0 bridgehead atoms. The smallest absolute Gasteiger partial charge is 0.322 e. The number of hydrogen-bond acceptors (Lipinski definition) is 6. The van der Waals surface area contributed by atoms with E-state index in [1.54, 1.807) is 13.1 Å². The number of ether oxygens (including phenoxy) is 1. The number of halogens is 1. The summed E-state index contributed by atoms with van der Waals surface area (Å²) in [5.41, 5.74) is 1.87. The van der Waals surface area contributed by atoms with E-state index in [9.17, 15) is 4.39 Å². The first-order valence-electron chi connectivity index (χ1n) is 6.25. The number of benzene rings is 1. The van der Waals surface area contributed by atoms with Crippen LogP contribution in [0.15, 0.2) is 18.2 Å². The van der Waals surface area contributed by atoms with Crippen molar-refractivity contribution in [2.75, 3.05) is 30.9 Å². The molecular formula is C13H14FN5O. The predicted octanol–water partition coefficient (Wildman–Crippen LogP) is 1.76. The molecular weight excluding hydrogens is 261 g/mol. The fourth-order valence-electron chi connectivity index (χ4n) is 2.23. The molecule has 1 N–H and O–H groups in total. The quantitative estimate of drug-likeness (QED) is 0.920. The van der Waals surface area contributed by atoms with Crippen molar-refractivity contribution in [3.63, 3.8) is 0 Å². The third-order valence-corrected chi connectivity index (χ3v) is 3.19. The molecule has 0 unspecified atom stereocenters. The molecule has 0 saturated heterocycles. The average molecular weight is 275 g/mol. The Morgan fingerprint density at radius 1 is 1.30 bits per heavy atom. The van der Waals surface area contributed by atoms with Gasteiger partial charge in [-0.05, 0) is 24.1 Å². The van der Waals surface area contributed by atoms with Gasteiger partial charge in [-0.15, -0.1) is 0 Å². The standard InChI is InChI=1S/C13H14FN5O/c1-15-11-16-12(18-13(17-11)20-2)19-6-5-8-3-4-9(14)7-10(8)19/h3-4,7H,5-6H2,1-2H3,(H,15,16,17,18). The van der Waals surface area contributed by atoms with Gasteiger partial charge in [0.05, 0.1) is 12.8 Å². The van der Waals surface area contributed by atoms with Gasteiger partial charge in [0.2, 0.25) is 11.9 Å². The number of nitrogens with one attached hydrogen (secondary N) is 1. The third-order valence-electron chi connectivity index (χ3n) is 3.19. The SMILES string of the molecule is CNc1nc(OC)nc(N2CCc3ccc(F)cc32)n1. The minimum Gasteiger partial charge on any atom is -0.467 e. The van der Waals surface area contributed by atoms with E-state index in [4.69, 9.17) is 4.74 Å². The molecule has 1 aromatic heterocycles. The summed E-state index contributed by atoms with van der Waals surface area (Å²) in [6.45, 7) is 0.703. The minimum absolute atomic E-state index is 0.226. The number of anilines is 3. The molecule has 0 fully saturated rings. The molecule has 1 aliphatic rings. The van der Waals surface area contributed by atoms with Gasteiger partial charge < -0.3 is 15.0 Å². The fraction of sp³-hybridized carbons (Fsp3) is 0.308. The lowest BCUT2D eigenvalue weighted by Gasteiger charge is -2.17. The molecule has 1 aromatic carbocycles. The second-order valence-corrected chi connectivity index (χ2v) is 4.37. The summed E-state index contributed by atoms with van der Waals surface area (Å²) in [5.74, 6) is 0.591. The summed E-state index contributed by atoms with van der Waals surface area (Å²) < 4.78 is 18.5. The normalized spacial score (nSPS) is 13.2. The Labute approximate surface area is 115 Å². The van der Waals surface area contributed by atoms with Gasteiger partial charge in [-0.1, -0.05) is 6.07 Å². The average Bonchev–Trinajstić information content (AvgIpc) is 2.89. The molecule has 0 spiro atoms. The molecule has 2 aromatic rings. The van der Waals surface area contributed by atoms with E-state index < -0.39 is 0 Å². The summed E-state index contributed by atoms with van der Waals surface area (Å²) >= 11 is 0. The third kappa shape index (κ3) is 2.11. The highest BCUT2D eigenvalue weighted by Crippen LogP contribution is 2.33. The molecule has 0 atom stereocenters. The number of methoxy groups -OCH3 is 1. The van der Waals surface area contributed by atoms with Crippen molar-refractivity contribution in [1.29, 1.82) is 0 Å². The van der Waals surface area contributed by atoms with Gasteiger partial charge in [0.1, 0.15) is 5.82 Å². The summed E-state index contributed by atoms with van der Waals surface area (Å²) in [6, 6.07) is 4.99. The lowest BCUT2D eigenvalue weighted by molar-refractivity contribution is 0.379. The van der Waals surface area contributed by atoms with E-state index in [1.807, 2.05) is 4.90 Å². The lowest BCUT2D eigenvalue weighted by Crippen LogP contribution is -2.18. The van der Waals surface area contributed by atoms with Gasteiger partial charge in [-0.3, -0.25) is 0 Å². The Morgan fingerprint density at radius 2 is 2.15 bits per heavy atom. The van der Waals surface area contributed by atoms with E-state index in [0.29, 0.717) is 18.4 Å². The van der Waals surface area contributed by atoms with Crippen LogP contribution in [0, 0.1) is 5.82 Å². The van der Waals surface area contributed by atoms with Crippen molar-refractivity contribution >= 4 is 17.6 Å². The zero-order valence-corrected chi connectivity index (χ0v) is 11.2. The van der Waals surface area contributed by atoms with Crippen LogP contribution in [-0.4, -0.2) is 35.7 Å². The van der Waals surface area contributed by atoms with Crippen LogP contribution in [0.25, 0.3) is 0 Å². The first-order valence-corrected chi connectivity index (χ1v) is 6.25. The van der Waals surface area contributed by atoms with Crippen molar-refractivity contribution in [2.24, 2.45) is 0 Å². The van der Waals surface area contributed by atoms with Gasteiger partial charge in [0, 0.05) is 13.6 Å². The molecule has 2 heterocycles. The molecule has 1 aliphatic heterocycles. The molecule has 20 heavy (non-hydrogen) atoms. The van der Waals surface area contributed by atoms with Gasteiger partial charge in [0.15, 0.2) is 0 Å². The van der Waals surface area contributed by atoms with Gasteiger partial charge in [0.25, 0.3) is 0 Å². The Kier molecular flexibility index (Phi) is 3.09. The van der Waals surface area contributed by atoms with E-state index in [1.165, 1.54) is 19.2 Å². The maximum atomic E-state index is 13.4. The molecule has 0 saturated carbocycles. The number of aromatic nitrogens is 3. The monoisotopic (exact) mass is 275 g/mol. The van der Waals surface area contributed by atoms with Crippen LogP contribution in [-0.2, 0) is 6.42 Å². The lowest BCUT2D eigenvalue weighted by atomic mass is 10.2. The van der Waals surface area contributed by atoms with Crippen molar-refractivity contribution in [2.45, 2.75) is 6.42 Å². The maximum Gasteiger partial charge on any atom is 0.322 e. The maximum absolute atomic E-state index is 13.4. The highest BCUT2D eigenvalue weighted by molar-refractivity contribution is 5.66. The Balaban J connectivity index is 2.05. The molecule has 3 rings (SSSR count). The summed E-state index contributed by atoms with van der Waals surface area (Å²) in [7, 11) is 3.21. The topological polar surface area (TPSA) is 63.2 Å². The molecule has 104 valence electrons. The van der Waals surface area contributed by atoms with Crippen molar-refractivity contribution in [3.05, 3.63) is 29.6 Å². The van der Waals surface area contributed by atoms with E-state index in [0.717, 1.165) is 17.7 Å². The van der Waals surface area contributed by atoms with E-state index >= 15 is 0 Å². The van der Waals surface area contributed by atoms with Crippen LogP contribution in [0.4, 0.5) is 22.0 Å². The highest BCUT2D eigenvalue weighted by atomic mass is 19.1. The molecule has 7 heteroatoms. The highest BCUT2D eigenvalue weighted by Gasteiger charge is 2.24. The molecule has 0 amide bonds. The number of fused-ring (bicyclic) bond motifs is 1. The minimum atomic E-state index is -0.273. The Morgan fingerprint density at radius 3 is 2.90 bits per heavy atom. The van der Waals surface area contributed by atoms with E-state index in [2.05, 4.69) is 20.3 Å². The van der Waals surface area contributed by atoms with Crippen molar-refractivity contribution < 1.29 is 9.13 Å². The summed E-state index contributed by atoms with van der Waals surface area (Å²) in [5, 5.41) is 2.86. The van der Waals surface area contributed by atoms with Crippen molar-refractivity contribution in [1.82, 2.24) is 15.0 Å². The first-order chi connectivity index (χ1) is 9.71. The van der Waals surface area contributed by atoms with Gasteiger partial charge in [-0.25, -0.2) is 4.39 Å². The van der Waals surface area contributed by atoms with Crippen LogP contribution in [0.2, 0.25) is 0 Å². The second-order valence-electron chi connectivity index (χ2n) is 4.37. The summed E-state index contributed by atoms with van der Waals surface area (Å²) in [6.07, 6.45) is 0.832. The first kappa shape index (κ1) is 12.6. The zero-order valence-electron chi connectivity index (χ0n) is 11.2. The second kappa shape index (κ2) is 4.92. The molecule has 0 radical (unpaired) electrons. The van der Waals surface area contributed by atoms with Crippen molar-refractivity contribution in [3.8, 4) is 6.01 Å². The predicted molar refractivity (Wildman–Crippen MR) is 73.0 cm³/mol. The van der Waals surface area contributed by atoms with Crippen LogP contribution >= 0.6 is 0 Å². The largest absolute Gasteiger partial charge is 0.467 e. The van der Waals surface area contributed by atoms with E-state index in [-0.39, 0.29) is 11.8 Å².